The molecule has 3 N–H and O–H groups in total. The molecule has 1 unspecified atom stereocenters. The Balaban J connectivity index is 1.52. The molecule has 1 heterocycles. The molecule has 5 rings (SSSR count). The minimum absolute atomic E-state index is 0.113. The number of nitrogens with zero attached hydrogens (tertiary/aromatic N) is 4. The fourth-order valence-corrected chi connectivity index (χ4v) is 7.53. The van der Waals surface area contributed by atoms with E-state index in [1.807, 2.05) is 0 Å². The van der Waals surface area contributed by atoms with Crippen LogP contribution in [-0.4, -0.2) is 116 Å². The number of aliphatic hydroxyl groups excluding tert-OH is 2. The van der Waals surface area contributed by atoms with Gasteiger partial charge in [0.05, 0.1) is 19.3 Å². The molecule has 1 aromatic carbocycles. The summed E-state index contributed by atoms with van der Waals surface area (Å²) in [6.45, 7) is 12.5. The van der Waals surface area contributed by atoms with Crippen LogP contribution in [0.2, 0.25) is 0 Å². The molecular weight excluding hydrogens is 518 g/mol. The zero-order valence-electron chi connectivity index (χ0n) is 26.6. The third-order valence-electron chi connectivity index (χ3n) is 10.3. The molecule has 2 bridgehead atoms. The number of fused-ring (bicyclic) bond motifs is 2. The molecule has 4 aliphatic rings. The van der Waals surface area contributed by atoms with Gasteiger partial charge in [0.1, 0.15) is 12.1 Å². The molecule has 0 aromatic heterocycles. The first kappa shape index (κ1) is 32.2. The van der Waals surface area contributed by atoms with Gasteiger partial charge in [0.2, 0.25) is 5.91 Å². The van der Waals surface area contributed by atoms with E-state index >= 15 is 0 Å². The maximum absolute atomic E-state index is 13.9. The van der Waals surface area contributed by atoms with Crippen molar-refractivity contribution in [3.63, 3.8) is 0 Å². The summed E-state index contributed by atoms with van der Waals surface area (Å²) < 4.78 is 0. The lowest BCUT2D eigenvalue weighted by Gasteiger charge is -2.62. The molecule has 8 atom stereocenters. The van der Waals surface area contributed by atoms with Gasteiger partial charge in [-0.1, -0.05) is 32.9 Å². The number of rotatable bonds is 13. The SMILES string of the molecule is C[C@H](O)[C@@H]1[C@H](CO)ON(Cc2cccc(N(CCN(C)C)CCN(C)C)c2)[C@@H]1C(=O)NC1C[C@H]2C[C@@H]([C@@H]1C)C2(C)C. The summed E-state index contributed by atoms with van der Waals surface area (Å²) in [7, 11) is 8.35. The molecule has 41 heavy (non-hydrogen) atoms. The molecule has 1 aromatic rings. The number of aliphatic hydroxyl groups is 2. The van der Waals surface area contributed by atoms with Crippen molar-refractivity contribution in [1.29, 1.82) is 0 Å². The average Bonchev–Trinajstić information content (AvgIpc) is 3.28. The van der Waals surface area contributed by atoms with Gasteiger partial charge in [0, 0.05) is 43.8 Å². The van der Waals surface area contributed by atoms with Gasteiger partial charge in [0.25, 0.3) is 0 Å². The lowest BCUT2D eigenvalue weighted by Crippen LogP contribution is -2.62. The second-order valence-electron chi connectivity index (χ2n) is 14.0. The molecule has 1 amide bonds. The van der Waals surface area contributed by atoms with E-state index in [1.54, 1.807) is 12.0 Å². The van der Waals surface area contributed by atoms with Crippen LogP contribution in [0.15, 0.2) is 24.3 Å². The molecule has 1 saturated heterocycles. The van der Waals surface area contributed by atoms with Crippen molar-refractivity contribution >= 4 is 11.6 Å². The maximum Gasteiger partial charge on any atom is 0.240 e. The Morgan fingerprint density at radius 1 is 1.12 bits per heavy atom. The van der Waals surface area contributed by atoms with Crippen molar-refractivity contribution in [2.75, 3.05) is 65.9 Å². The van der Waals surface area contributed by atoms with Crippen LogP contribution in [0.3, 0.4) is 0 Å². The maximum atomic E-state index is 13.9. The van der Waals surface area contributed by atoms with E-state index in [0.717, 1.165) is 43.9 Å². The van der Waals surface area contributed by atoms with Crippen LogP contribution in [0.5, 0.6) is 0 Å². The first-order valence-corrected chi connectivity index (χ1v) is 15.5. The predicted octanol–water partition coefficient (Wildman–Crippen LogP) is 2.28. The number of nitrogens with one attached hydrogen (secondary N) is 1. The largest absolute Gasteiger partial charge is 0.394 e. The van der Waals surface area contributed by atoms with Crippen LogP contribution in [0.25, 0.3) is 0 Å². The Morgan fingerprint density at radius 2 is 1.78 bits per heavy atom. The fraction of sp³-hybridized carbons (Fsp3) is 0.781. The van der Waals surface area contributed by atoms with Crippen molar-refractivity contribution in [2.24, 2.45) is 29.1 Å². The molecular formula is C32H55N5O4. The monoisotopic (exact) mass is 573 g/mol. The molecule has 9 nitrogen and oxygen atoms in total. The number of carbonyl (C=O) groups excluding carboxylic acids is 1. The van der Waals surface area contributed by atoms with E-state index in [4.69, 9.17) is 4.84 Å². The molecule has 4 fully saturated rings. The topological polar surface area (TPSA) is 91.8 Å². The fourth-order valence-electron chi connectivity index (χ4n) is 7.53. The molecule has 9 heteroatoms. The second kappa shape index (κ2) is 13.3. The number of likely N-dealkylation sites (N-methyl/N-ethyl adjacent to an activating group) is 2. The second-order valence-corrected chi connectivity index (χ2v) is 14.0. The Morgan fingerprint density at radius 3 is 2.32 bits per heavy atom. The number of hydrogen-bond acceptors (Lipinski definition) is 8. The highest BCUT2D eigenvalue weighted by Crippen LogP contribution is 2.61. The Hall–Kier alpha value is -1.75. The van der Waals surface area contributed by atoms with Gasteiger partial charge in [0.15, 0.2) is 0 Å². The van der Waals surface area contributed by atoms with Crippen molar-refractivity contribution < 1.29 is 19.8 Å². The quantitative estimate of drug-likeness (QED) is 0.331. The van der Waals surface area contributed by atoms with Crippen LogP contribution in [-0.2, 0) is 16.2 Å². The Labute approximate surface area is 247 Å². The predicted molar refractivity (Wildman–Crippen MR) is 163 cm³/mol. The standard InChI is InChI=1S/C32H55N5O4/c1-21-26-17-24(32(26,3)4)18-27(21)33-31(40)30-29(22(2)39)28(20-38)41-37(30)19-23-10-9-11-25(16-23)36(14-12-34(5)6)15-13-35(7)8/h9-11,16,21-22,24,26-30,38-39H,12-15,17-20H2,1-8H3,(H,33,40)/t21-,22-,24+,26-,27?,28-,29+,30-/m0/s1. The van der Waals surface area contributed by atoms with Crippen molar-refractivity contribution in [1.82, 2.24) is 20.2 Å². The Bertz CT molecular complexity index is 1010. The summed E-state index contributed by atoms with van der Waals surface area (Å²) in [4.78, 5) is 26.9. The number of hydroxylamine groups is 2. The van der Waals surface area contributed by atoms with Crippen molar-refractivity contribution in [2.45, 2.75) is 71.4 Å². The zero-order chi connectivity index (χ0) is 30.1. The van der Waals surface area contributed by atoms with E-state index < -0.39 is 24.2 Å². The van der Waals surface area contributed by atoms with Crippen LogP contribution in [0, 0.1) is 29.1 Å². The molecule has 0 spiro atoms. The van der Waals surface area contributed by atoms with Gasteiger partial charge >= 0.3 is 0 Å². The highest BCUT2D eigenvalue weighted by Gasteiger charge is 2.57. The Kier molecular flexibility index (Phi) is 10.4. The highest BCUT2D eigenvalue weighted by atomic mass is 16.7. The van der Waals surface area contributed by atoms with Gasteiger partial charge in [-0.25, -0.2) is 0 Å². The average molecular weight is 574 g/mol. The summed E-state index contributed by atoms with van der Waals surface area (Å²) >= 11 is 0. The molecule has 1 aliphatic heterocycles. The van der Waals surface area contributed by atoms with Gasteiger partial charge < -0.3 is 30.2 Å². The summed E-state index contributed by atoms with van der Waals surface area (Å²) in [5.41, 5.74) is 2.50. The van der Waals surface area contributed by atoms with E-state index in [9.17, 15) is 15.0 Å². The van der Waals surface area contributed by atoms with Gasteiger partial charge in [-0.15, -0.1) is 0 Å². The summed E-state index contributed by atoms with van der Waals surface area (Å²) in [6.07, 6.45) is 0.799. The van der Waals surface area contributed by atoms with Gasteiger partial charge in [-0.05, 0) is 88.8 Å². The van der Waals surface area contributed by atoms with Crippen LogP contribution in [0.1, 0.15) is 46.1 Å². The number of carbonyl (C=O) groups is 1. The van der Waals surface area contributed by atoms with Gasteiger partial charge in [-0.3, -0.25) is 9.63 Å². The third-order valence-corrected chi connectivity index (χ3v) is 10.3. The smallest absolute Gasteiger partial charge is 0.240 e. The third kappa shape index (κ3) is 7.08. The molecule has 0 radical (unpaired) electrons. The number of anilines is 1. The van der Waals surface area contributed by atoms with E-state index in [0.29, 0.717) is 29.7 Å². The van der Waals surface area contributed by atoms with E-state index in [-0.39, 0.29) is 18.6 Å². The van der Waals surface area contributed by atoms with Crippen molar-refractivity contribution in [3.05, 3.63) is 29.8 Å². The molecule has 3 aliphatic carbocycles. The lowest BCUT2D eigenvalue weighted by atomic mass is 9.45. The van der Waals surface area contributed by atoms with E-state index in [1.165, 1.54) is 6.42 Å². The first-order valence-electron chi connectivity index (χ1n) is 15.5. The summed E-state index contributed by atoms with van der Waals surface area (Å²) in [5.74, 6) is 1.02. The van der Waals surface area contributed by atoms with Crippen molar-refractivity contribution in [3.8, 4) is 0 Å². The van der Waals surface area contributed by atoms with Gasteiger partial charge in [-0.2, -0.15) is 5.06 Å². The molecule has 3 saturated carbocycles. The minimum atomic E-state index is -0.803. The van der Waals surface area contributed by atoms with E-state index in [2.05, 4.69) is 93.2 Å². The normalized spacial score (nSPS) is 31.8. The number of hydrogen-bond donors (Lipinski definition) is 3. The molecule has 232 valence electrons. The first-order chi connectivity index (χ1) is 19.3. The van der Waals surface area contributed by atoms with Crippen LogP contribution in [0.4, 0.5) is 5.69 Å². The summed E-state index contributed by atoms with van der Waals surface area (Å²) in [6, 6.07) is 7.85. The minimum Gasteiger partial charge on any atom is -0.394 e. The summed E-state index contributed by atoms with van der Waals surface area (Å²) in [5, 5.41) is 26.0. The number of benzene rings is 1. The number of amides is 1. The van der Waals surface area contributed by atoms with Crippen LogP contribution < -0.4 is 10.2 Å². The zero-order valence-corrected chi connectivity index (χ0v) is 26.6. The van der Waals surface area contributed by atoms with Crippen LogP contribution >= 0.6 is 0 Å². The lowest BCUT2D eigenvalue weighted by molar-refractivity contribution is -0.183. The highest BCUT2D eigenvalue weighted by molar-refractivity contribution is 5.82.